The maximum absolute atomic E-state index is 10.2. The summed E-state index contributed by atoms with van der Waals surface area (Å²) in [5, 5.41) is 10.2. The van der Waals surface area contributed by atoms with E-state index in [9.17, 15) is 5.11 Å². The van der Waals surface area contributed by atoms with Gasteiger partial charge in [0.1, 0.15) is 0 Å². The number of hydrogen-bond acceptors (Lipinski definition) is 2. The van der Waals surface area contributed by atoms with Crippen LogP contribution in [0, 0.1) is 40.4 Å². The SMILES string of the molecule is CC.CCC(C)C1(C)CCC(C)C2(C)CCC(O)C/C2=C/CC(N)C1C.CCCCC(CC)C(C)C. The Morgan fingerprint density at radius 2 is 1.61 bits per heavy atom. The lowest BCUT2D eigenvalue weighted by Crippen LogP contribution is -2.45. The fourth-order valence-electron chi connectivity index (χ4n) is 6.78. The zero-order valence-corrected chi connectivity index (χ0v) is 26.9. The van der Waals surface area contributed by atoms with Crippen LogP contribution in [0.2, 0.25) is 0 Å². The monoisotopic (exact) mass is 508 g/mol. The summed E-state index contributed by atoms with van der Waals surface area (Å²) in [4.78, 5) is 0. The fraction of sp³-hybridized carbons (Fsp3) is 0.941. The molecule has 2 aliphatic rings. The lowest BCUT2D eigenvalue weighted by Gasteiger charge is -2.48. The van der Waals surface area contributed by atoms with Crippen LogP contribution in [0.4, 0.5) is 0 Å². The van der Waals surface area contributed by atoms with Crippen LogP contribution >= 0.6 is 0 Å². The van der Waals surface area contributed by atoms with Crippen molar-refractivity contribution in [3.63, 3.8) is 0 Å². The van der Waals surface area contributed by atoms with E-state index in [1.165, 1.54) is 50.5 Å². The highest BCUT2D eigenvalue weighted by Crippen LogP contribution is 2.52. The standard InChI is InChI=1S/C22H41NO.C10H22.C2H6/c1-7-15(2)21(5)12-10-16(3)22(6)13-11-19(24)14-18(22)8-9-20(23)17(21)4;1-5-7-8-10(6-2)9(3)4;1-2/h8,15-17,19-20,24H,7,9-14,23H2,1-6H3;9-10H,5-8H2,1-4H3;1-2H3/b18-8-;;. The molecule has 1 saturated carbocycles. The molecule has 0 aromatic carbocycles. The zero-order chi connectivity index (χ0) is 28.1. The van der Waals surface area contributed by atoms with E-state index in [0.717, 1.165) is 37.5 Å². The van der Waals surface area contributed by atoms with E-state index in [4.69, 9.17) is 5.73 Å². The third-order valence-corrected chi connectivity index (χ3v) is 10.8. The molecule has 2 aliphatic carbocycles. The molecule has 8 atom stereocenters. The van der Waals surface area contributed by atoms with Gasteiger partial charge in [-0.15, -0.1) is 0 Å². The molecule has 0 bridgehead atoms. The van der Waals surface area contributed by atoms with Gasteiger partial charge in [-0.2, -0.15) is 0 Å². The summed E-state index contributed by atoms with van der Waals surface area (Å²) in [5.74, 6) is 3.75. The molecule has 0 aromatic heterocycles. The second-order valence-electron chi connectivity index (χ2n) is 13.0. The minimum absolute atomic E-state index is 0.154. The molecule has 0 heterocycles. The van der Waals surface area contributed by atoms with Gasteiger partial charge in [0.2, 0.25) is 0 Å². The topological polar surface area (TPSA) is 46.2 Å². The molecular formula is C34H69NO. The Bertz CT molecular complexity index is 598. The Morgan fingerprint density at radius 1 is 1.00 bits per heavy atom. The van der Waals surface area contributed by atoms with Crippen LogP contribution in [-0.2, 0) is 0 Å². The van der Waals surface area contributed by atoms with Crippen LogP contribution in [0.25, 0.3) is 0 Å². The van der Waals surface area contributed by atoms with E-state index in [2.05, 4.69) is 75.3 Å². The number of rotatable bonds is 7. The van der Waals surface area contributed by atoms with Gasteiger partial charge in [0.25, 0.3) is 0 Å². The Labute approximate surface area is 228 Å². The molecule has 0 aromatic rings. The largest absolute Gasteiger partial charge is 0.393 e. The van der Waals surface area contributed by atoms with Crippen molar-refractivity contribution in [2.24, 2.45) is 46.2 Å². The van der Waals surface area contributed by atoms with Crippen molar-refractivity contribution in [2.75, 3.05) is 0 Å². The Kier molecular flexibility index (Phi) is 17.1. The number of fused-ring (bicyclic) bond motifs is 1. The molecule has 2 nitrogen and oxygen atoms in total. The van der Waals surface area contributed by atoms with E-state index in [-0.39, 0.29) is 17.6 Å². The minimum Gasteiger partial charge on any atom is -0.393 e. The summed E-state index contributed by atoms with van der Waals surface area (Å²) in [6.07, 6.45) is 15.4. The lowest BCUT2D eigenvalue weighted by molar-refractivity contribution is 0.0447. The third kappa shape index (κ3) is 9.76. The molecule has 216 valence electrons. The van der Waals surface area contributed by atoms with Gasteiger partial charge in [0.15, 0.2) is 0 Å². The predicted octanol–water partition coefficient (Wildman–Crippen LogP) is 10.2. The smallest absolute Gasteiger partial charge is 0.0577 e. The van der Waals surface area contributed by atoms with Gasteiger partial charge in [-0.1, -0.05) is 127 Å². The average Bonchev–Trinajstić information content (AvgIpc) is 2.87. The lowest BCUT2D eigenvalue weighted by atomic mass is 9.57. The summed E-state index contributed by atoms with van der Waals surface area (Å²) >= 11 is 0. The van der Waals surface area contributed by atoms with Gasteiger partial charge in [-0.25, -0.2) is 0 Å². The summed E-state index contributed by atoms with van der Waals surface area (Å²) in [5.41, 5.74) is 8.70. The number of nitrogens with two attached hydrogens (primary N) is 1. The molecule has 3 N–H and O–H groups in total. The van der Waals surface area contributed by atoms with E-state index >= 15 is 0 Å². The van der Waals surface area contributed by atoms with Gasteiger partial charge < -0.3 is 10.8 Å². The maximum Gasteiger partial charge on any atom is 0.0577 e. The number of aliphatic hydroxyl groups excluding tert-OH is 1. The summed E-state index contributed by atoms with van der Waals surface area (Å²) in [7, 11) is 0. The molecular weight excluding hydrogens is 438 g/mol. The van der Waals surface area contributed by atoms with Crippen LogP contribution in [0.1, 0.15) is 154 Å². The van der Waals surface area contributed by atoms with E-state index in [1.807, 2.05) is 13.8 Å². The first-order valence-electron chi connectivity index (χ1n) is 16.0. The zero-order valence-electron chi connectivity index (χ0n) is 26.9. The summed E-state index contributed by atoms with van der Waals surface area (Å²) in [6, 6.07) is 0.216. The number of unbranched alkanes of at least 4 members (excludes halogenated alkanes) is 1. The number of hydrogen-bond donors (Lipinski definition) is 2. The highest BCUT2D eigenvalue weighted by atomic mass is 16.3. The quantitative estimate of drug-likeness (QED) is 0.337. The second kappa shape index (κ2) is 17.3. The first kappa shape index (κ1) is 35.7. The van der Waals surface area contributed by atoms with E-state index < -0.39 is 0 Å². The van der Waals surface area contributed by atoms with Crippen molar-refractivity contribution in [3.8, 4) is 0 Å². The molecule has 0 saturated heterocycles. The molecule has 0 spiro atoms. The molecule has 2 heteroatoms. The van der Waals surface area contributed by atoms with Crippen LogP contribution in [0.3, 0.4) is 0 Å². The molecule has 36 heavy (non-hydrogen) atoms. The Balaban J connectivity index is 0.000000861. The summed E-state index contributed by atoms with van der Waals surface area (Å²) in [6.45, 7) is 27.7. The van der Waals surface area contributed by atoms with Crippen LogP contribution < -0.4 is 5.73 Å². The van der Waals surface area contributed by atoms with Crippen LogP contribution in [-0.4, -0.2) is 17.3 Å². The van der Waals surface area contributed by atoms with Crippen molar-refractivity contribution in [1.29, 1.82) is 0 Å². The first-order valence-corrected chi connectivity index (χ1v) is 16.0. The minimum atomic E-state index is -0.154. The number of aliphatic hydroxyl groups is 1. The maximum atomic E-state index is 10.2. The van der Waals surface area contributed by atoms with Gasteiger partial charge >= 0.3 is 0 Å². The van der Waals surface area contributed by atoms with Gasteiger partial charge in [-0.3, -0.25) is 0 Å². The Hall–Kier alpha value is -0.340. The second-order valence-corrected chi connectivity index (χ2v) is 13.0. The van der Waals surface area contributed by atoms with Gasteiger partial charge in [-0.05, 0) is 78.9 Å². The third-order valence-electron chi connectivity index (χ3n) is 10.8. The molecule has 0 amide bonds. The van der Waals surface area contributed by atoms with Crippen LogP contribution in [0.5, 0.6) is 0 Å². The highest BCUT2D eigenvalue weighted by molar-refractivity contribution is 5.20. The average molecular weight is 508 g/mol. The van der Waals surface area contributed by atoms with E-state index in [1.54, 1.807) is 0 Å². The van der Waals surface area contributed by atoms with Crippen molar-refractivity contribution >= 4 is 0 Å². The van der Waals surface area contributed by atoms with Crippen molar-refractivity contribution < 1.29 is 5.11 Å². The van der Waals surface area contributed by atoms with E-state index in [0.29, 0.717) is 23.2 Å². The molecule has 0 radical (unpaired) electrons. The van der Waals surface area contributed by atoms with Crippen molar-refractivity contribution in [2.45, 2.75) is 166 Å². The highest BCUT2D eigenvalue weighted by Gasteiger charge is 2.43. The first-order chi connectivity index (χ1) is 16.9. The van der Waals surface area contributed by atoms with Crippen molar-refractivity contribution in [1.82, 2.24) is 0 Å². The van der Waals surface area contributed by atoms with Crippen LogP contribution in [0.15, 0.2) is 11.6 Å². The molecule has 1 fully saturated rings. The predicted molar refractivity (Wildman–Crippen MR) is 163 cm³/mol. The van der Waals surface area contributed by atoms with Crippen molar-refractivity contribution in [3.05, 3.63) is 11.6 Å². The normalized spacial score (nSPS) is 36.1. The summed E-state index contributed by atoms with van der Waals surface area (Å²) < 4.78 is 0. The Morgan fingerprint density at radius 3 is 2.11 bits per heavy atom. The van der Waals surface area contributed by atoms with Gasteiger partial charge in [0, 0.05) is 6.04 Å². The molecule has 2 rings (SSSR count). The molecule has 0 aliphatic heterocycles. The molecule has 8 unspecified atom stereocenters. The van der Waals surface area contributed by atoms with Gasteiger partial charge in [0.05, 0.1) is 6.10 Å². The fourth-order valence-corrected chi connectivity index (χ4v) is 6.78.